The molecular formula is C26H26FN3O3S. The van der Waals surface area contributed by atoms with E-state index in [1.165, 1.54) is 18.5 Å². The molecule has 2 atom stereocenters. The van der Waals surface area contributed by atoms with Crippen LogP contribution in [0.5, 0.6) is 5.75 Å². The van der Waals surface area contributed by atoms with E-state index in [1.807, 2.05) is 36.4 Å². The van der Waals surface area contributed by atoms with Crippen LogP contribution in [0, 0.1) is 5.82 Å². The fraction of sp³-hybridized carbons (Fsp3) is 0.231. The number of nitrogens with zero attached hydrogens (tertiary/aromatic N) is 2. The molecule has 0 radical (unpaired) electrons. The van der Waals surface area contributed by atoms with E-state index in [9.17, 15) is 14.3 Å². The standard InChI is InChI=1S/C26H26FN3O3S/c1-17(31)23(30-14-22(26(28)32)29-16-30)12-8-18-4-2-3-5-24(18)33-15-21-11-13-25(34-21)19-6-9-20(27)10-7-19/h2-7,9-11,13-14,16-17,23,31H,8,12,15H2,1H3,(H2,28,32)/t17-,23+/m0/s1. The van der Waals surface area contributed by atoms with E-state index in [-0.39, 0.29) is 17.6 Å². The third-order valence-corrected chi connectivity index (χ3v) is 6.74. The molecule has 0 aliphatic heterocycles. The third kappa shape index (κ3) is 5.70. The number of nitrogens with two attached hydrogens (primary N) is 1. The number of para-hydroxylation sites is 1. The van der Waals surface area contributed by atoms with E-state index in [1.54, 1.807) is 41.2 Å². The van der Waals surface area contributed by atoms with Crippen molar-refractivity contribution in [1.29, 1.82) is 0 Å². The number of hydrogen-bond acceptors (Lipinski definition) is 5. The van der Waals surface area contributed by atoms with E-state index >= 15 is 0 Å². The minimum absolute atomic E-state index is 0.172. The summed E-state index contributed by atoms with van der Waals surface area (Å²) in [5.74, 6) is -0.0651. The number of carbonyl (C=O) groups excluding carboxylic acids is 1. The molecule has 4 rings (SSSR count). The van der Waals surface area contributed by atoms with Gasteiger partial charge in [-0.25, -0.2) is 9.37 Å². The second-order valence-electron chi connectivity index (χ2n) is 8.09. The minimum atomic E-state index is -0.640. The lowest BCUT2D eigenvalue weighted by Crippen LogP contribution is -2.21. The molecule has 2 aromatic carbocycles. The molecule has 6 nitrogen and oxygen atoms in total. The number of ether oxygens (including phenoxy) is 1. The number of aliphatic hydroxyl groups is 1. The van der Waals surface area contributed by atoms with Crippen LogP contribution in [0.25, 0.3) is 10.4 Å². The Hall–Kier alpha value is -3.49. The molecule has 0 spiro atoms. The zero-order valence-corrected chi connectivity index (χ0v) is 19.5. The maximum atomic E-state index is 13.2. The SMILES string of the molecule is C[C@H](O)[C@@H](CCc1ccccc1OCc1ccc(-c2ccc(F)cc2)s1)n1cnc(C(N)=O)c1. The Morgan fingerprint density at radius 1 is 1.18 bits per heavy atom. The van der Waals surface area contributed by atoms with Crippen LogP contribution in [0.15, 0.2) is 73.2 Å². The van der Waals surface area contributed by atoms with Crippen LogP contribution in [-0.4, -0.2) is 26.7 Å². The summed E-state index contributed by atoms with van der Waals surface area (Å²) in [5.41, 5.74) is 7.47. The summed E-state index contributed by atoms with van der Waals surface area (Å²) in [6.45, 7) is 2.14. The number of rotatable bonds is 10. The minimum Gasteiger partial charge on any atom is -0.488 e. The summed E-state index contributed by atoms with van der Waals surface area (Å²) in [7, 11) is 0. The van der Waals surface area contributed by atoms with Gasteiger partial charge in [0.05, 0.1) is 18.5 Å². The van der Waals surface area contributed by atoms with Crippen molar-refractivity contribution in [3.63, 3.8) is 0 Å². The van der Waals surface area contributed by atoms with Gasteiger partial charge in [0, 0.05) is 16.0 Å². The number of aromatic nitrogens is 2. The third-order valence-electron chi connectivity index (χ3n) is 5.64. The first-order chi connectivity index (χ1) is 16.4. The second-order valence-corrected chi connectivity index (χ2v) is 9.25. The van der Waals surface area contributed by atoms with Crippen LogP contribution in [0.3, 0.4) is 0 Å². The summed E-state index contributed by atoms with van der Waals surface area (Å²) in [6.07, 6.45) is 3.74. The molecule has 0 aliphatic carbocycles. The van der Waals surface area contributed by atoms with Gasteiger partial charge in [0.15, 0.2) is 0 Å². The van der Waals surface area contributed by atoms with Crippen molar-refractivity contribution in [3.8, 4) is 16.2 Å². The van der Waals surface area contributed by atoms with E-state index < -0.39 is 12.0 Å². The average Bonchev–Trinajstić information content (AvgIpc) is 3.49. The Balaban J connectivity index is 1.41. The number of aliphatic hydroxyl groups excluding tert-OH is 1. The molecule has 2 heterocycles. The number of primary amides is 1. The van der Waals surface area contributed by atoms with Crippen LogP contribution >= 0.6 is 11.3 Å². The van der Waals surface area contributed by atoms with Crippen molar-refractivity contribution in [2.45, 2.75) is 38.5 Å². The summed E-state index contributed by atoms with van der Waals surface area (Å²) in [4.78, 5) is 17.5. The van der Waals surface area contributed by atoms with Crippen molar-refractivity contribution >= 4 is 17.2 Å². The smallest absolute Gasteiger partial charge is 0.268 e. The normalized spacial score (nSPS) is 12.9. The molecule has 0 aliphatic rings. The largest absolute Gasteiger partial charge is 0.488 e. The van der Waals surface area contributed by atoms with E-state index in [2.05, 4.69) is 4.98 Å². The molecule has 4 aromatic rings. The monoisotopic (exact) mass is 479 g/mol. The number of hydrogen-bond donors (Lipinski definition) is 2. The van der Waals surface area contributed by atoms with Crippen molar-refractivity contribution in [3.05, 3.63) is 95.1 Å². The number of thiophene rings is 1. The zero-order valence-electron chi connectivity index (χ0n) is 18.7. The van der Waals surface area contributed by atoms with Gasteiger partial charge in [-0.2, -0.15) is 0 Å². The molecule has 0 fully saturated rings. The Kier molecular flexibility index (Phi) is 7.40. The first kappa shape index (κ1) is 23.7. The van der Waals surface area contributed by atoms with Crippen LogP contribution < -0.4 is 10.5 Å². The fourth-order valence-electron chi connectivity index (χ4n) is 3.81. The van der Waals surface area contributed by atoms with E-state index in [0.29, 0.717) is 19.4 Å². The van der Waals surface area contributed by atoms with Gasteiger partial charge in [-0.15, -0.1) is 11.3 Å². The highest BCUT2D eigenvalue weighted by Crippen LogP contribution is 2.30. The van der Waals surface area contributed by atoms with Crippen LogP contribution in [0.2, 0.25) is 0 Å². The highest BCUT2D eigenvalue weighted by atomic mass is 32.1. The molecule has 1 amide bonds. The number of aryl methyl sites for hydroxylation is 1. The van der Waals surface area contributed by atoms with Gasteiger partial charge < -0.3 is 20.1 Å². The summed E-state index contributed by atoms with van der Waals surface area (Å²) in [6, 6.07) is 18.1. The number of benzene rings is 2. The van der Waals surface area contributed by atoms with Gasteiger partial charge in [0.1, 0.15) is 23.9 Å². The molecule has 0 unspecified atom stereocenters. The molecule has 8 heteroatoms. The maximum absolute atomic E-state index is 13.2. The van der Waals surface area contributed by atoms with E-state index in [4.69, 9.17) is 10.5 Å². The first-order valence-corrected chi connectivity index (χ1v) is 11.8. The zero-order chi connectivity index (χ0) is 24.1. The topological polar surface area (TPSA) is 90.4 Å². The predicted octanol–water partition coefficient (Wildman–Crippen LogP) is 4.98. The van der Waals surface area contributed by atoms with Crippen molar-refractivity contribution < 1.29 is 19.0 Å². The Morgan fingerprint density at radius 2 is 1.94 bits per heavy atom. The predicted molar refractivity (Wildman–Crippen MR) is 130 cm³/mol. The molecule has 3 N–H and O–H groups in total. The molecule has 2 aromatic heterocycles. The summed E-state index contributed by atoms with van der Waals surface area (Å²) < 4.78 is 21.1. The molecular weight excluding hydrogens is 453 g/mol. The van der Waals surface area contributed by atoms with E-state index in [0.717, 1.165) is 26.6 Å². The van der Waals surface area contributed by atoms with Crippen LogP contribution in [-0.2, 0) is 13.0 Å². The number of amides is 1. The molecule has 176 valence electrons. The van der Waals surface area contributed by atoms with Gasteiger partial charge >= 0.3 is 0 Å². The van der Waals surface area contributed by atoms with Gasteiger partial charge in [-0.1, -0.05) is 30.3 Å². The van der Waals surface area contributed by atoms with Crippen molar-refractivity contribution in [2.24, 2.45) is 5.73 Å². The molecule has 0 saturated carbocycles. The Labute approximate surface area is 201 Å². The Morgan fingerprint density at radius 3 is 2.65 bits per heavy atom. The quantitative estimate of drug-likeness (QED) is 0.336. The van der Waals surface area contributed by atoms with Crippen LogP contribution in [0.1, 0.15) is 40.3 Å². The van der Waals surface area contributed by atoms with Gasteiger partial charge in [-0.05, 0) is 61.2 Å². The molecule has 34 heavy (non-hydrogen) atoms. The summed E-state index contributed by atoms with van der Waals surface area (Å²) >= 11 is 1.61. The highest BCUT2D eigenvalue weighted by Gasteiger charge is 2.19. The van der Waals surface area contributed by atoms with Gasteiger partial charge in [0.25, 0.3) is 5.91 Å². The molecule has 0 bridgehead atoms. The fourth-order valence-corrected chi connectivity index (χ4v) is 4.74. The van der Waals surface area contributed by atoms with Crippen molar-refractivity contribution in [1.82, 2.24) is 9.55 Å². The number of carbonyl (C=O) groups is 1. The van der Waals surface area contributed by atoms with Gasteiger partial charge in [0.2, 0.25) is 0 Å². The maximum Gasteiger partial charge on any atom is 0.268 e. The lowest BCUT2D eigenvalue weighted by atomic mass is 10.0. The lowest BCUT2D eigenvalue weighted by Gasteiger charge is -2.22. The number of halogens is 1. The Bertz CT molecular complexity index is 1250. The van der Waals surface area contributed by atoms with Gasteiger partial charge in [-0.3, -0.25) is 4.79 Å². The highest BCUT2D eigenvalue weighted by molar-refractivity contribution is 7.15. The number of imidazole rings is 1. The first-order valence-electron chi connectivity index (χ1n) is 11.0. The summed E-state index contributed by atoms with van der Waals surface area (Å²) in [5, 5.41) is 10.3. The average molecular weight is 480 g/mol. The second kappa shape index (κ2) is 10.6. The van der Waals surface area contributed by atoms with Crippen LogP contribution in [0.4, 0.5) is 4.39 Å². The lowest BCUT2D eigenvalue weighted by molar-refractivity contribution is 0.0994. The van der Waals surface area contributed by atoms with Crippen molar-refractivity contribution in [2.75, 3.05) is 0 Å². The molecule has 0 saturated heterocycles.